The molecule has 0 saturated carbocycles. The Morgan fingerprint density at radius 2 is 1.78 bits per heavy atom. The first-order chi connectivity index (χ1) is 17.1. The van der Waals surface area contributed by atoms with Gasteiger partial charge in [-0.25, -0.2) is 13.8 Å². The summed E-state index contributed by atoms with van der Waals surface area (Å²) in [5.41, 5.74) is 3.23. The molecule has 0 aliphatic carbocycles. The van der Waals surface area contributed by atoms with E-state index in [2.05, 4.69) is 4.98 Å². The van der Waals surface area contributed by atoms with Gasteiger partial charge in [0.25, 0.3) is 5.56 Å². The van der Waals surface area contributed by atoms with Gasteiger partial charge in [-0.05, 0) is 68.7 Å². The molecule has 0 spiro atoms. The SMILES string of the molecule is CCCC(c1cc(F)c(C)c(F)c1)n1cc(Cl)cc(C(=N)c2ccc(-n3cnc(C)c3)c(C)c2)c1=O. The minimum absolute atomic E-state index is 0.0178. The highest BCUT2D eigenvalue weighted by Gasteiger charge is 2.22. The molecule has 4 aromatic rings. The summed E-state index contributed by atoms with van der Waals surface area (Å²) in [6.07, 6.45) is 6.23. The Bertz CT molecular complexity index is 1500. The molecule has 0 aliphatic rings. The third kappa shape index (κ3) is 4.88. The predicted octanol–water partition coefficient (Wildman–Crippen LogP) is 6.70. The maximum atomic E-state index is 14.4. The average Bonchev–Trinajstić information content (AvgIpc) is 3.27. The van der Waals surface area contributed by atoms with Crippen LogP contribution in [-0.2, 0) is 0 Å². The normalized spacial score (nSPS) is 12.1. The standard InChI is InChI=1S/C28H27ClF2N4O/c1-5-6-26(20-10-23(30)18(4)24(31)11-20)35-14-21(29)12-22(28(35)36)27(32)19-7-8-25(16(2)9-19)34-13-17(3)33-15-34/h7-15,26,32H,5-6H2,1-4H3. The monoisotopic (exact) mass is 508 g/mol. The zero-order valence-electron chi connectivity index (χ0n) is 20.6. The highest BCUT2D eigenvalue weighted by Crippen LogP contribution is 2.27. The third-order valence-corrected chi connectivity index (χ3v) is 6.55. The lowest BCUT2D eigenvalue weighted by Gasteiger charge is -2.22. The van der Waals surface area contributed by atoms with Crippen LogP contribution in [0.1, 0.15) is 59.3 Å². The summed E-state index contributed by atoms with van der Waals surface area (Å²) in [7, 11) is 0. The number of aromatic nitrogens is 3. The van der Waals surface area contributed by atoms with Crippen LogP contribution in [0.4, 0.5) is 8.78 Å². The largest absolute Gasteiger partial charge is 0.306 e. The van der Waals surface area contributed by atoms with Gasteiger partial charge >= 0.3 is 0 Å². The highest BCUT2D eigenvalue weighted by molar-refractivity contribution is 6.31. The van der Waals surface area contributed by atoms with Crippen molar-refractivity contribution in [1.29, 1.82) is 5.41 Å². The molecule has 0 radical (unpaired) electrons. The molecule has 0 aliphatic heterocycles. The Kier molecular flexibility index (Phi) is 7.22. The lowest BCUT2D eigenvalue weighted by Crippen LogP contribution is -2.30. The molecule has 4 rings (SSSR count). The van der Waals surface area contributed by atoms with Crippen LogP contribution in [0.3, 0.4) is 0 Å². The van der Waals surface area contributed by atoms with Crippen molar-refractivity contribution < 1.29 is 8.78 Å². The van der Waals surface area contributed by atoms with Gasteiger partial charge in [0.05, 0.1) is 34.4 Å². The van der Waals surface area contributed by atoms with Gasteiger partial charge in [0.1, 0.15) is 11.6 Å². The second-order valence-corrected chi connectivity index (χ2v) is 9.43. The molecular weight excluding hydrogens is 482 g/mol. The van der Waals surface area contributed by atoms with Crippen molar-refractivity contribution in [3.8, 4) is 5.69 Å². The Hall–Kier alpha value is -3.58. The number of hydrogen-bond acceptors (Lipinski definition) is 3. The molecule has 2 heterocycles. The lowest BCUT2D eigenvalue weighted by molar-refractivity contribution is 0.502. The fourth-order valence-electron chi connectivity index (χ4n) is 4.38. The summed E-state index contributed by atoms with van der Waals surface area (Å²) in [6, 6.07) is 8.84. The van der Waals surface area contributed by atoms with E-state index in [4.69, 9.17) is 17.0 Å². The lowest BCUT2D eigenvalue weighted by atomic mass is 9.98. The van der Waals surface area contributed by atoms with E-state index >= 15 is 0 Å². The van der Waals surface area contributed by atoms with Crippen molar-refractivity contribution in [2.45, 2.75) is 46.6 Å². The van der Waals surface area contributed by atoms with E-state index in [-0.39, 0.29) is 21.9 Å². The van der Waals surface area contributed by atoms with Crippen LogP contribution < -0.4 is 5.56 Å². The molecule has 0 amide bonds. The van der Waals surface area contributed by atoms with Crippen molar-refractivity contribution in [2.24, 2.45) is 0 Å². The fraction of sp³-hybridized carbons (Fsp3) is 0.250. The molecule has 2 aromatic heterocycles. The van der Waals surface area contributed by atoms with E-state index in [1.54, 1.807) is 12.4 Å². The zero-order chi connectivity index (χ0) is 26.1. The summed E-state index contributed by atoms with van der Waals surface area (Å²) < 4.78 is 32.0. The molecule has 0 saturated heterocycles. The Labute approximate surface area is 213 Å². The number of halogens is 3. The van der Waals surface area contributed by atoms with Crippen LogP contribution in [0, 0.1) is 37.8 Å². The Morgan fingerprint density at radius 1 is 1.08 bits per heavy atom. The van der Waals surface area contributed by atoms with Gasteiger partial charge in [0.15, 0.2) is 0 Å². The van der Waals surface area contributed by atoms with Gasteiger partial charge in [-0.3, -0.25) is 10.2 Å². The van der Waals surface area contributed by atoms with Gasteiger partial charge in [-0.2, -0.15) is 0 Å². The minimum atomic E-state index is -0.669. The van der Waals surface area contributed by atoms with Gasteiger partial charge in [-0.15, -0.1) is 0 Å². The first-order valence-electron chi connectivity index (χ1n) is 11.7. The van der Waals surface area contributed by atoms with Crippen LogP contribution in [-0.4, -0.2) is 19.8 Å². The summed E-state index contributed by atoms with van der Waals surface area (Å²) >= 11 is 6.40. The third-order valence-electron chi connectivity index (χ3n) is 6.34. The molecule has 186 valence electrons. The molecule has 1 unspecified atom stereocenters. The highest BCUT2D eigenvalue weighted by atomic mass is 35.5. The van der Waals surface area contributed by atoms with Crippen LogP contribution in [0.25, 0.3) is 5.69 Å². The van der Waals surface area contributed by atoms with E-state index in [1.807, 2.05) is 43.7 Å². The summed E-state index contributed by atoms with van der Waals surface area (Å²) in [5.74, 6) is -1.34. The van der Waals surface area contributed by atoms with Crippen LogP contribution in [0.5, 0.6) is 0 Å². The molecule has 1 atom stereocenters. The van der Waals surface area contributed by atoms with Gasteiger partial charge in [0.2, 0.25) is 0 Å². The van der Waals surface area contributed by atoms with Gasteiger partial charge in [0, 0.05) is 29.2 Å². The Morgan fingerprint density at radius 3 is 2.36 bits per heavy atom. The average molecular weight is 509 g/mol. The molecule has 2 aromatic carbocycles. The topological polar surface area (TPSA) is 63.7 Å². The molecule has 5 nitrogen and oxygen atoms in total. The number of benzene rings is 2. The minimum Gasteiger partial charge on any atom is -0.306 e. The Balaban J connectivity index is 1.78. The molecule has 36 heavy (non-hydrogen) atoms. The van der Waals surface area contributed by atoms with Crippen molar-refractivity contribution >= 4 is 17.3 Å². The quantitative estimate of drug-likeness (QED) is 0.282. The number of aryl methyl sites for hydroxylation is 2. The summed E-state index contributed by atoms with van der Waals surface area (Å²) in [5, 5.41) is 9.07. The maximum Gasteiger partial charge on any atom is 0.260 e. The van der Waals surface area contributed by atoms with Crippen LogP contribution >= 0.6 is 11.6 Å². The number of imidazole rings is 1. The number of rotatable bonds is 7. The van der Waals surface area contributed by atoms with Crippen molar-refractivity contribution in [1.82, 2.24) is 14.1 Å². The fourth-order valence-corrected chi connectivity index (χ4v) is 4.60. The van der Waals surface area contributed by atoms with E-state index in [0.29, 0.717) is 24.0 Å². The van der Waals surface area contributed by atoms with Crippen LogP contribution in [0.15, 0.2) is 59.9 Å². The first-order valence-corrected chi connectivity index (χ1v) is 12.1. The molecule has 0 bridgehead atoms. The molecule has 1 N–H and O–H groups in total. The summed E-state index contributed by atoms with van der Waals surface area (Å²) in [4.78, 5) is 17.9. The van der Waals surface area contributed by atoms with E-state index in [9.17, 15) is 13.6 Å². The zero-order valence-corrected chi connectivity index (χ0v) is 21.3. The van der Waals surface area contributed by atoms with E-state index in [0.717, 1.165) is 16.9 Å². The first kappa shape index (κ1) is 25.5. The molecular formula is C28H27ClF2N4O. The van der Waals surface area contributed by atoms with Crippen molar-refractivity contribution in [3.05, 3.63) is 116 Å². The van der Waals surface area contributed by atoms with E-state index < -0.39 is 23.2 Å². The molecule has 0 fully saturated rings. The van der Waals surface area contributed by atoms with Gasteiger partial charge < -0.3 is 9.13 Å². The number of nitrogens with one attached hydrogen (secondary N) is 1. The molecule has 8 heteroatoms. The second kappa shape index (κ2) is 10.2. The summed E-state index contributed by atoms with van der Waals surface area (Å²) in [6.45, 7) is 7.13. The van der Waals surface area contributed by atoms with Crippen molar-refractivity contribution in [2.75, 3.05) is 0 Å². The smallest absolute Gasteiger partial charge is 0.260 e. The predicted molar refractivity (Wildman–Crippen MR) is 139 cm³/mol. The maximum absolute atomic E-state index is 14.4. The number of hydrogen-bond donors (Lipinski definition) is 1. The number of nitrogens with zero attached hydrogens (tertiary/aromatic N) is 3. The van der Waals surface area contributed by atoms with Crippen molar-refractivity contribution in [3.63, 3.8) is 0 Å². The second-order valence-electron chi connectivity index (χ2n) is 9.00. The van der Waals surface area contributed by atoms with Gasteiger partial charge in [-0.1, -0.05) is 31.0 Å². The van der Waals surface area contributed by atoms with E-state index in [1.165, 1.54) is 35.9 Å². The van der Waals surface area contributed by atoms with Crippen LogP contribution in [0.2, 0.25) is 5.02 Å². The number of pyridine rings is 1.